The Kier molecular flexibility index (Phi) is 8.71. The van der Waals surface area contributed by atoms with Gasteiger partial charge in [-0.1, -0.05) is 41.6 Å². The summed E-state index contributed by atoms with van der Waals surface area (Å²) in [5, 5.41) is 13.2. The Labute approximate surface area is 198 Å². The van der Waals surface area contributed by atoms with Crippen molar-refractivity contribution in [3.05, 3.63) is 64.5 Å². The summed E-state index contributed by atoms with van der Waals surface area (Å²) in [6, 6.07) is 16.7. The van der Waals surface area contributed by atoms with Crippen LogP contribution in [-0.2, 0) is 6.54 Å². The molecule has 4 rings (SSSR count). The van der Waals surface area contributed by atoms with Crippen LogP contribution in [0.5, 0.6) is 0 Å². The fraction of sp³-hybridized carbons (Fsp3) is 0.364. The van der Waals surface area contributed by atoms with Crippen molar-refractivity contribution < 1.29 is 4.52 Å². The highest BCUT2D eigenvalue weighted by Crippen LogP contribution is 2.27. The molecule has 3 aromatic rings. The van der Waals surface area contributed by atoms with Crippen LogP contribution in [0.3, 0.4) is 0 Å². The third-order valence-electron chi connectivity index (χ3n) is 5.19. The summed E-state index contributed by atoms with van der Waals surface area (Å²) in [7, 11) is 1.80. The van der Waals surface area contributed by atoms with Gasteiger partial charge in [0.1, 0.15) is 5.69 Å². The fourth-order valence-electron chi connectivity index (χ4n) is 3.67. The minimum absolute atomic E-state index is 0. The zero-order valence-electron chi connectivity index (χ0n) is 17.1. The molecule has 0 spiro atoms. The van der Waals surface area contributed by atoms with Crippen LogP contribution in [0.1, 0.15) is 29.5 Å². The topological polar surface area (TPSA) is 65.7 Å². The number of thiophene rings is 1. The van der Waals surface area contributed by atoms with Gasteiger partial charge in [0.15, 0.2) is 11.7 Å². The van der Waals surface area contributed by atoms with Gasteiger partial charge < -0.3 is 15.2 Å². The van der Waals surface area contributed by atoms with Gasteiger partial charge in [0.25, 0.3) is 0 Å². The molecule has 160 valence electrons. The number of rotatable bonds is 7. The second-order valence-corrected chi connectivity index (χ2v) is 8.11. The van der Waals surface area contributed by atoms with Crippen LogP contribution in [-0.4, -0.2) is 42.7 Å². The molecule has 1 aromatic carbocycles. The number of nitrogens with one attached hydrogen (secondary N) is 2. The lowest BCUT2D eigenvalue weighted by Gasteiger charge is -2.27. The van der Waals surface area contributed by atoms with Crippen molar-refractivity contribution >= 4 is 41.3 Å². The maximum absolute atomic E-state index is 5.48. The van der Waals surface area contributed by atoms with Crippen molar-refractivity contribution in [1.82, 2.24) is 20.7 Å². The summed E-state index contributed by atoms with van der Waals surface area (Å²) in [5.74, 6) is 1.55. The summed E-state index contributed by atoms with van der Waals surface area (Å²) < 4.78 is 5.48. The molecule has 0 amide bonds. The van der Waals surface area contributed by atoms with E-state index < -0.39 is 0 Å². The van der Waals surface area contributed by atoms with E-state index >= 15 is 0 Å². The second kappa shape index (κ2) is 11.5. The number of halogens is 1. The Balaban J connectivity index is 0.00000256. The first-order chi connectivity index (χ1) is 14.3. The molecular weight excluding hydrogens is 509 g/mol. The first-order valence-corrected chi connectivity index (χ1v) is 10.9. The highest BCUT2D eigenvalue weighted by molar-refractivity contribution is 14.0. The monoisotopic (exact) mass is 537 g/mol. The van der Waals surface area contributed by atoms with Crippen LogP contribution in [0.15, 0.2) is 63.4 Å². The minimum atomic E-state index is 0. The van der Waals surface area contributed by atoms with Crippen molar-refractivity contribution in [2.75, 3.05) is 26.7 Å². The summed E-state index contributed by atoms with van der Waals surface area (Å²) in [4.78, 5) is 8.34. The predicted molar refractivity (Wildman–Crippen MR) is 133 cm³/mol. The molecule has 1 aliphatic rings. The Morgan fingerprint density at radius 1 is 1.17 bits per heavy atom. The van der Waals surface area contributed by atoms with Crippen LogP contribution in [0.4, 0.5) is 0 Å². The van der Waals surface area contributed by atoms with Gasteiger partial charge in [-0.15, -0.1) is 35.3 Å². The van der Waals surface area contributed by atoms with Gasteiger partial charge in [0.2, 0.25) is 0 Å². The maximum Gasteiger partial charge on any atom is 0.191 e. The van der Waals surface area contributed by atoms with E-state index in [1.54, 1.807) is 7.05 Å². The number of aliphatic imine (C=N–C) groups is 1. The van der Waals surface area contributed by atoms with Crippen LogP contribution < -0.4 is 10.6 Å². The summed E-state index contributed by atoms with van der Waals surface area (Å²) >= 11 is 1.82. The van der Waals surface area contributed by atoms with Gasteiger partial charge in [0, 0.05) is 30.1 Å². The van der Waals surface area contributed by atoms with Crippen LogP contribution in [0, 0.1) is 0 Å². The third-order valence-corrected chi connectivity index (χ3v) is 6.17. The van der Waals surface area contributed by atoms with E-state index in [1.165, 1.54) is 17.7 Å². The lowest BCUT2D eigenvalue weighted by atomic mass is 10.2. The number of aromatic nitrogens is 1. The van der Waals surface area contributed by atoms with E-state index in [2.05, 4.69) is 43.2 Å². The Morgan fingerprint density at radius 3 is 2.67 bits per heavy atom. The highest BCUT2D eigenvalue weighted by atomic mass is 127. The molecule has 1 saturated heterocycles. The molecule has 1 unspecified atom stereocenters. The summed E-state index contributed by atoms with van der Waals surface area (Å²) in [5.41, 5.74) is 1.87. The average Bonchev–Trinajstić information content (AvgIpc) is 3.54. The number of guanidine groups is 1. The molecule has 0 aliphatic carbocycles. The van der Waals surface area contributed by atoms with Gasteiger partial charge in [-0.3, -0.25) is 9.89 Å². The number of benzene rings is 1. The molecule has 1 fully saturated rings. The first-order valence-electron chi connectivity index (χ1n) is 10.1. The predicted octanol–water partition coefficient (Wildman–Crippen LogP) is 4.52. The molecule has 0 radical (unpaired) electrons. The first kappa shape index (κ1) is 22.8. The molecule has 30 heavy (non-hydrogen) atoms. The normalized spacial score (nSPS) is 15.6. The van der Waals surface area contributed by atoms with Crippen LogP contribution in [0.25, 0.3) is 11.3 Å². The SMILES string of the molecule is CN=C(NCc1cc(-c2ccccc2)on1)NCC(c1cccs1)N1CCCC1.I. The molecule has 8 heteroatoms. The molecule has 2 aromatic heterocycles. The largest absolute Gasteiger partial charge is 0.356 e. The van der Waals surface area contributed by atoms with Gasteiger partial charge >= 0.3 is 0 Å². The second-order valence-electron chi connectivity index (χ2n) is 7.13. The highest BCUT2D eigenvalue weighted by Gasteiger charge is 2.24. The lowest BCUT2D eigenvalue weighted by Crippen LogP contribution is -2.42. The number of hydrogen-bond donors (Lipinski definition) is 2. The van der Waals surface area contributed by atoms with Gasteiger partial charge in [-0.25, -0.2) is 0 Å². The van der Waals surface area contributed by atoms with Crippen molar-refractivity contribution in [3.8, 4) is 11.3 Å². The van der Waals surface area contributed by atoms with E-state index in [-0.39, 0.29) is 24.0 Å². The molecule has 1 atom stereocenters. The van der Waals surface area contributed by atoms with Crippen molar-refractivity contribution in [2.45, 2.75) is 25.4 Å². The van der Waals surface area contributed by atoms with Gasteiger partial charge in [0.05, 0.1) is 12.6 Å². The standard InChI is InChI=1S/C22H27N5OS.HI/c1-23-22(24-15-18-14-20(28-26-18)17-8-3-2-4-9-17)25-16-19(21-10-7-13-29-21)27-11-5-6-12-27;/h2-4,7-10,13-14,19H,5-6,11-12,15-16H2,1H3,(H2,23,24,25);1H. The van der Waals surface area contributed by atoms with E-state index in [4.69, 9.17) is 4.52 Å². The Bertz CT molecular complexity index is 907. The lowest BCUT2D eigenvalue weighted by molar-refractivity contribution is 0.249. The molecule has 3 heterocycles. The Hall–Kier alpha value is -1.91. The van der Waals surface area contributed by atoms with E-state index in [9.17, 15) is 0 Å². The molecule has 2 N–H and O–H groups in total. The average molecular weight is 537 g/mol. The molecule has 0 bridgehead atoms. The van der Waals surface area contributed by atoms with Crippen LogP contribution >= 0.6 is 35.3 Å². The van der Waals surface area contributed by atoms with Crippen LogP contribution in [0.2, 0.25) is 0 Å². The third kappa shape index (κ3) is 5.83. The summed E-state index contributed by atoms with van der Waals surface area (Å²) in [6.45, 7) is 3.71. The zero-order chi connectivity index (χ0) is 19.9. The number of hydrogen-bond acceptors (Lipinski definition) is 5. The van der Waals surface area contributed by atoms with Crippen molar-refractivity contribution in [1.29, 1.82) is 0 Å². The van der Waals surface area contributed by atoms with E-state index in [1.807, 2.05) is 47.7 Å². The molecule has 1 aliphatic heterocycles. The van der Waals surface area contributed by atoms with E-state index in [0.29, 0.717) is 12.6 Å². The maximum atomic E-state index is 5.48. The number of likely N-dealkylation sites (tertiary alicyclic amines) is 1. The van der Waals surface area contributed by atoms with Crippen molar-refractivity contribution in [3.63, 3.8) is 0 Å². The Morgan fingerprint density at radius 2 is 1.97 bits per heavy atom. The van der Waals surface area contributed by atoms with Gasteiger partial charge in [-0.2, -0.15) is 0 Å². The van der Waals surface area contributed by atoms with Crippen molar-refractivity contribution in [2.24, 2.45) is 4.99 Å². The van der Waals surface area contributed by atoms with Gasteiger partial charge in [-0.05, 0) is 37.4 Å². The van der Waals surface area contributed by atoms with E-state index in [0.717, 1.165) is 42.6 Å². The smallest absolute Gasteiger partial charge is 0.191 e. The zero-order valence-corrected chi connectivity index (χ0v) is 20.2. The molecule has 6 nitrogen and oxygen atoms in total. The quantitative estimate of drug-likeness (QED) is 0.264. The summed E-state index contributed by atoms with van der Waals surface area (Å²) in [6.07, 6.45) is 2.56. The number of nitrogens with zero attached hydrogens (tertiary/aromatic N) is 3. The fourth-order valence-corrected chi connectivity index (χ4v) is 4.53. The minimum Gasteiger partial charge on any atom is -0.356 e. The molecular formula is C22H28IN5OS. The molecule has 0 saturated carbocycles.